The molecule has 0 aliphatic rings. The predicted molar refractivity (Wildman–Crippen MR) is 89.9 cm³/mol. The second-order valence-corrected chi connectivity index (χ2v) is 6.38. The Morgan fingerprint density at radius 1 is 1.33 bits per heavy atom. The van der Waals surface area contributed by atoms with Crippen LogP contribution in [0.1, 0.15) is 31.7 Å². The molecule has 0 bridgehead atoms. The zero-order chi connectivity index (χ0) is 15.7. The summed E-state index contributed by atoms with van der Waals surface area (Å²) < 4.78 is 0. The van der Waals surface area contributed by atoms with E-state index in [0.29, 0.717) is 18.2 Å². The molecule has 0 heterocycles. The fourth-order valence-corrected chi connectivity index (χ4v) is 2.86. The molecule has 2 unspecified atom stereocenters. The Bertz CT molecular complexity index is 424. The Morgan fingerprint density at radius 2 is 2.00 bits per heavy atom. The zero-order valence-corrected chi connectivity index (χ0v) is 13.9. The van der Waals surface area contributed by atoms with Crippen LogP contribution < -0.4 is 10.6 Å². The van der Waals surface area contributed by atoms with Crippen LogP contribution in [0.15, 0.2) is 30.3 Å². The SMILES string of the molecule is CCC(CNC(=O)NCC(C)(O)CSC)c1ccccc1. The predicted octanol–water partition coefficient (Wildman–Crippen LogP) is 2.59. The average Bonchev–Trinajstić information content (AvgIpc) is 2.47. The molecular formula is C16H26N2O2S. The van der Waals surface area contributed by atoms with Crippen molar-refractivity contribution in [3.8, 4) is 0 Å². The third-order valence-corrected chi connectivity index (χ3v) is 4.27. The number of carbonyl (C=O) groups is 1. The summed E-state index contributed by atoms with van der Waals surface area (Å²) in [6, 6.07) is 9.94. The fraction of sp³-hybridized carbons (Fsp3) is 0.562. The van der Waals surface area contributed by atoms with E-state index < -0.39 is 5.60 Å². The van der Waals surface area contributed by atoms with Gasteiger partial charge in [-0.2, -0.15) is 11.8 Å². The third-order valence-electron chi connectivity index (χ3n) is 3.36. The van der Waals surface area contributed by atoms with E-state index in [2.05, 4.69) is 29.7 Å². The van der Waals surface area contributed by atoms with E-state index >= 15 is 0 Å². The number of carbonyl (C=O) groups excluding carboxylic acids is 1. The molecule has 0 saturated carbocycles. The Kier molecular flexibility index (Phi) is 7.61. The maximum atomic E-state index is 11.8. The normalized spacial score (nSPS) is 15.0. The maximum Gasteiger partial charge on any atom is 0.314 e. The Balaban J connectivity index is 2.38. The Morgan fingerprint density at radius 3 is 2.57 bits per heavy atom. The first kappa shape index (κ1) is 17.9. The lowest BCUT2D eigenvalue weighted by molar-refractivity contribution is 0.0869. The van der Waals surface area contributed by atoms with Gasteiger partial charge in [-0.05, 0) is 25.2 Å². The van der Waals surface area contributed by atoms with Crippen molar-refractivity contribution in [3.05, 3.63) is 35.9 Å². The monoisotopic (exact) mass is 310 g/mol. The summed E-state index contributed by atoms with van der Waals surface area (Å²) in [6.45, 7) is 4.68. The molecule has 2 atom stereocenters. The molecule has 0 aliphatic carbocycles. The van der Waals surface area contributed by atoms with Crippen LogP contribution in [-0.4, -0.2) is 41.8 Å². The lowest BCUT2D eigenvalue weighted by Gasteiger charge is -2.23. The highest BCUT2D eigenvalue weighted by molar-refractivity contribution is 7.98. The number of urea groups is 1. The minimum absolute atomic E-state index is 0.231. The number of hydrogen-bond acceptors (Lipinski definition) is 3. The van der Waals surface area contributed by atoms with Gasteiger partial charge < -0.3 is 15.7 Å². The smallest absolute Gasteiger partial charge is 0.314 e. The largest absolute Gasteiger partial charge is 0.387 e. The van der Waals surface area contributed by atoms with Crippen LogP contribution in [0.2, 0.25) is 0 Å². The minimum Gasteiger partial charge on any atom is -0.387 e. The number of benzene rings is 1. The van der Waals surface area contributed by atoms with Gasteiger partial charge in [0, 0.05) is 24.8 Å². The van der Waals surface area contributed by atoms with Crippen molar-refractivity contribution >= 4 is 17.8 Å². The van der Waals surface area contributed by atoms with Gasteiger partial charge in [0.15, 0.2) is 0 Å². The number of nitrogens with one attached hydrogen (secondary N) is 2. The summed E-state index contributed by atoms with van der Waals surface area (Å²) in [7, 11) is 0. The van der Waals surface area contributed by atoms with Crippen molar-refractivity contribution in [1.29, 1.82) is 0 Å². The number of aliphatic hydroxyl groups is 1. The second kappa shape index (κ2) is 8.95. The zero-order valence-electron chi connectivity index (χ0n) is 13.1. The summed E-state index contributed by atoms with van der Waals surface area (Å²) in [4.78, 5) is 11.8. The summed E-state index contributed by atoms with van der Waals surface area (Å²) in [6.07, 6.45) is 2.90. The molecule has 0 radical (unpaired) electrons. The lowest BCUT2D eigenvalue weighted by atomic mass is 9.97. The molecule has 0 aromatic heterocycles. The van der Waals surface area contributed by atoms with Gasteiger partial charge in [-0.25, -0.2) is 4.79 Å². The van der Waals surface area contributed by atoms with Gasteiger partial charge >= 0.3 is 6.03 Å². The van der Waals surface area contributed by atoms with Crippen molar-refractivity contribution in [2.75, 3.05) is 25.1 Å². The molecule has 21 heavy (non-hydrogen) atoms. The molecule has 5 heteroatoms. The average molecular weight is 310 g/mol. The Hall–Kier alpha value is -1.20. The van der Waals surface area contributed by atoms with Crippen molar-refractivity contribution in [3.63, 3.8) is 0 Å². The molecule has 3 N–H and O–H groups in total. The van der Waals surface area contributed by atoms with Gasteiger partial charge in [-0.15, -0.1) is 0 Å². The molecule has 1 rings (SSSR count). The standard InChI is InChI=1S/C16H26N2O2S/c1-4-13(14-8-6-5-7-9-14)10-17-15(19)18-11-16(2,20)12-21-3/h5-9,13,20H,4,10-12H2,1-3H3,(H2,17,18,19). The number of amides is 2. The van der Waals surface area contributed by atoms with E-state index in [-0.39, 0.29) is 12.6 Å². The van der Waals surface area contributed by atoms with E-state index in [9.17, 15) is 9.90 Å². The number of thioether (sulfide) groups is 1. The molecule has 2 amide bonds. The van der Waals surface area contributed by atoms with Gasteiger partial charge in [0.25, 0.3) is 0 Å². The molecule has 1 aromatic carbocycles. The van der Waals surface area contributed by atoms with Crippen LogP contribution in [0.5, 0.6) is 0 Å². The summed E-state index contributed by atoms with van der Waals surface area (Å²) in [5.74, 6) is 0.901. The van der Waals surface area contributed by atoms with E-state index in [1.807, 2.05) is 24.5 Å². The highest BCUT2D eigenvalue weighted by Gasteiger charge is 2.20. The van der Waals surface area contributed by atoms with E-state index in [4.69, 9.17) is 0 Å². The van der Waals surface area contributed by atoms with Crippen molar-refractivity contribution < 1.29 is 9.90 Å². The van der Waals surface area contributed by atoms with Crippen LogP contribution in [0.25, 0.3) is 0 Å². The van der Waals surface area contributed by atoms with Gasteiger partial charge in [0.1, 0.15) is 0 Å². The first-order valence-corrected chi connectivity index (χ1v) is 8.66. The van der Waals surface area contributed by atoms with Crippen molar-refractivity contribution in [2.45, 2.75) is 31.8 Å². The molecule has 4 nitrogen and oxygen atoms in total. The third kappa shape index (κ3) is 6.87. The van der Waals surface area contributed by atoms with Crippen molar-refractivity contribution in [1.82, 2.24) is 10.6 Å². The van der Waals surface area contributed by atoms with Crippen LogP contribution in [0, 0.1) is 0 Å². The molecular weight excluding hydrogens is 284 g/mol. The number of hydrogen-bond donors (Lipinski definition) is 3. The van der Waals surface area contributed by atoms with Crippen LogP contribution in [-0.2, 0) is 0 Å². The summed E-state index contributed by atoms with van der Waals surface area (Å²) >= 11 is 1.56. The maximum absolute atomic E-state index is 11.8. The van der Waals surface area contributed by atoms with Crippen LogP contribution in [0.3, 0.4) is 0 Å². The van der Waals surface area contributed by atoms with Crippen molar-refractivity contribution in [2.24, 2.45) is 0 Å². The number of rotatable bonds is 8. The summed E-state index contributed by atoms with van der Waals surface area (Å²) in [5.41, 5.74) is 0.357. The van der Waals surface area contributed by atoms with Gasteiger partial charge in [0.05, 0.1) is 5.60 Å². The van der Waals surface area contributed by atoms with Gasteiger partial charge in [0.2, 0.25) is 0 Å². The summed E-state index contributed by atoms with van der Waals surface area (Å²) in [5, 5.41) is 15.6. The van der Waals surface area contributed by atoms with Crippen LogP contribution >= 0.6 is 11.8 Å². The first-order chi connectivity index (χ1) is 9.98. The van der Waals surface area contributed by atoms with Crippen LogP contribution in [0.4, 0.5) is 4.79 Å². The Labute approximate surface area is 131 Å². The topological polar surface area (TPSA) is 61.4 Å². The highest BCUT2D eigenvalue weighted by atomic mass is 32.2. The molecule has 0 spiro atoms. The molecule has 0 aliphatic heterocycles. The second-order valence-electron chi connectivity index (χ2n) is 5.51. The van der Waals surface area contributed by atoms with E-state index in [1.54, 1.807) is 18.7 Å². The molecule has 1 aromatic rings. The lowest BCUT2D eigenvalue weighted by Crippen LogP contribution is -2.46. The molecule has 0 saturated heterocycles. The molecule has 0 fully saturated rings. The highest BCUT2D eigenvalue weighted by Crippen LogP contribution is 2.17. The fourth-order valence-electron chi connectivity index (χ4n) is 2.13. The quantitative estimate of drug-likeness (QED) is 0.691. The van der Waals surface area contributed by atoms with E-state index in [1.165, 1.54) is 5.56 Å². The first-order valence-electron chi connectivity index (χ1n) is 7.26. The van der Waals surface area contributed by atoms with Gasteiger partial charge in [-0.1, -0.05) is 37.3 Å². The van der Waals surface area contributed by atoms with E-state index in [0.717, 1.165) is 6.42 Å². The molecule has 118 valence electrons. The minimum atomic E-state index is -0.875. The van der Waals surface area contributed by atoms with Gasteiger partial charge in [-0.3, -0.25) is 0 Å².